The fraction of sp³-hybridized carbons (Fsp3) is 0. The molecular weight excluding hydrogens is 244 g/mol. The molecule has 5 heteroatoms. The lowest BCUT2D eigenvalue weighted by Crippen LogP contribution is -2.29. The number of nitrogens with one attached hydrogen (secondary N) is 1. The normalized spacial score (nSPS) is 9.21. The summed E-state index contributed by atoms with van der Waals surface area (Å²) in [5.74, 6) is 0.762. The van der Waals surface area contributed by atoms with Gasteiger partial charge in [-0.25, -0.2) is 4.79 Å². The van der Waals surface area contributed by atoms with Gasteiger partial charge >= 0.3 is 6.09 Å². The molecule has 0 saturated carbocycles. The predicted molar refractivity (Wildman–Crippen MR) is 67.4 cm³/mol. The van der Waals surface area contributed by atoms with Gasteiger partial charge in [-0.05, 0) is 24.3 Å². The molecule has 0 aliphatic heterocycles. The molecule has 0 aliphatic rings. The van der Waals surface area contributed by atoms with E-state index < -0.39 is 6.09 Å². The van der Waals surface area contributed by atoms with Crippen molar-refractivity contribution < 1.29 is 14.4 Å². The zero-order chi connectivity index (χ0) is 13.5. The highest BCUT2D eigenvalue weighted by atomic mass is 16.7. The average Bonchev–Trinajstić information content (AvgIpc) is 2.46. The van der Waals surface area contributed by atoms with E-state index in [4.69, 9.17) is 14.8 Å². The van der Waals surface area contributed by atoms with Gasteiger partial charge in [-0.1, -0.05) is 24.3 Å². The molecule has 0 unspecified atom stereocenters. The molecule has 2 aromatic carbocycles. The number of carbonyl (C=O) groups is 1. The van der Waals surface area contributed by atoms with E-state index in [-0.39, 0.29) is 0 Å². The van der Waals surface area contributed by atoms with E-state index >= 15 is 0 Å². The minimum atomic E-state index is -0.742. The second-order valence-corrected chi connectivity index (χ2v) is 3.55. The maximum absolute atomic E-state index is 11.4. The Hall–Kier alpha value is -3.00. The van der Waals surface area contributed by atoms with Gasteiger partial charge < -0.3 is 9.57 Å². The van der Waals surface area contributed by atoms with E-state index in [1.807, 2.05) is 12.1 Å². The summed E-state index contributed by atoms with van der Waals surface area (Å²) in [5.41, 5.74) is 2.57. The van der Waals surface area contributed by atoms with Crippen LogP contribution in [0.1, 0.15) is 5.56 Å². The summed E-state index contributed by atoms with van der Waals surface area (Å²) in [5, 5.41) is 8.72. The van der Waals surface area contributed by atoms with Crippen LogP contribution in [0.5, 0.6) is 11.5 Å². The van der Waals surface area contributed by atoms with Crippen LogP contribution in [-0.2, 0) is 0 Å². The SMILES string of the molecule is N#Cc1cccc(ONC(=O)Oc2ccccc2)c1. The van der Waals surface area contributed by atoms with Gasteiger partial charge in [-0.2, -0.15) is 10.7 Å². The number of nitriles is 1. The van der Waals surface area contributed by atoms with Crippen LogP contribution in [-0.4, -0.2) is 6.09 Å². The lowest BCUT2D eigenvalue weighted by atomic mass is 10.2. The fourth-order valence-electron chi connectivity index (χ4n) is 1.35. The van der Waals surface area contributed by atoms with Crippen molar-refractivity contribution >= 4 is 6.09 Å². The van der Waals surface area contributed by atoms with Crippen molar-refractivity contribution in [2.24, 2.45) is 0 Å². The van der Waals surface area contributed by atoms with Crippen molar-refractivity contribution in [3.05, 3.63) is 60.2 Å². The van der Waals surface area contributed by atoms with Gasteiger partial charge in [0.05, 0.1) is 11.6 Å². The molecule has 0 radical (unpaired) electrons. The van der Waals surface area contributed by atoms with Gasteiger partial charge in [0, 0.05) is 6.07 Å². The first kappa shape index (κ1) is 12.5. The average molecular weight is 254 g/mol. The van der Waals surface area contributed by atoms with Crippen molar-refractivity contribution in [1.29, 1.82) is 5.26 Å². The van der Waals surface area contributed by atoms with Crippen LogP contribution in [0.25, 0.3) is 0 Å². The van der Waals surface area contributed by atoms with Crippen molar-refractivity contribution in [1.82, 2.24) is 5.48 Å². The molecule has 0 fully saturated rings. The largest absolute Gasteiger partial charge is 0.446 e. The second-order valence-electron chi connectivity index (χ2n) is 3.55. The van der Waals surface area contributed by atoms with Gasteiger partial charge in [0.15, 0.2) is 5.75 Å². The van der Waals surface area contributed by atoms with Crippen molar-refractivity contribution in [2.45, 2.75) is 0 Å². The minimum absolute atomic E-state index is 0.351. The van der Waals surface area contributed by atoms with Gasteiger partial charge in [-0.15, -0.1) is 0 Å². The zero-order valence-corrected chi connectivity index (χ0v) is 9.87. The van der Waals surface area contributed by atoms with Crippen LogP contribution in [0.4, 0.5) is 4.79 Å². The van der Waals surface area contributed by atoms with Crippen LogP contribution in [0.2, 0.25) is 0 Å². The minimum Gasteiger partial charge on any atom is -0.408 e. The van der Waals surface area contributed by atoms with Crippen molar-refractivity contribution in [2.75, 3.05) is 0 Å². The molecule has 94 valence electrons. The number of para-hydroxylation sites is 1. The molecule has 0 saturated heterocycles. The Kier molecular flexibility index (Phi) is 3.98. The number of hydroxylamine groups is 1. The molecule has 1 N–H and O–H groups in total. The first-order chi connectivity index (χ1) is 9.28. The van der Waals surface area contributed by atoms with Crippen LogP contribution in [0, 0.1) is 11.3 Å². The molecule has 0 spiro atoms. The topological polar surface area (TPSA) is 71.3 Å². The summed E-state index contributed by atoms with van der Waals surface area (Å²) in [4.78, 5) is 16.4. The summed E-state index contributed by atoms with van der Waals surface area (Å²) in [7, 11) is 0. The van der Waals surface area contributed by atoms with Gasteiger partial charge in [0.2, 0.25) is 0 Å². The summed E-state index contributed by atoms with van der Waals surface area (Å²) < 4.78 is 4.95. The Bertz CT molecular complexity index is 606. The smallest absolute Gasteiger partial charge is 0.408 e. The summed E-state index contributed by atoms with van der Waals surface area (Å²) >= 11 is 0. The number of hydrogen-bond donors (Lipinski definition) is 1. The van der Waals surface area contributed by atoms with Crippen LogP contribution in [0.15, 0.2) is 54.6 Å². The number of rotatable bonds is 3. The van der Waals surface area contributed by atoms with E-state index in [1.54, 1.807) is 42.5 Å². The first-order valence-electron chi connectivity index (χ1n) is 5.48. The first-order valence-corrected chi connectivity index (χ1v) is 5.48. The highest BCUT2D eigenvalue weighted by molar-refractivity contribution is 5.69. The molecule has 2 aromatic rings. The number of nitrogens with zero attached hydrogens (tertiary/aromatic N) is 1. The number of amides is 1. The maximum Gasteiger partial charge on any atom is 0.446 e. The molecule has 0 heterocycles. The quantitative estimate of drug-likeness (QED) is 0.855. The Morgan fingerprint density at radius 1 is 1.05 bits per heavy atom. The summed E-state index contributed by atoms with van der Waals surface area (Å²) in [6.45, 7) is 0. The summed E-state index contributed by atoms with van der Waals surface area (Å²) in [6, 6.07) is 17.0. The van der Waals surface area contributed by atoms with E-state index in [1.165, 1.54) is 6.07 Å². The predicted octanol–water partition coefficient (Wildman–Crippen LogP) is 2.64. The van der Waals surface area contributed by atoms with Crippen LogP contribution >= 0.6 is 0 Å². The van der Waals surface area contributed by atoms with E-state index in [0.717, 1.165) is 0 Å². The molecule has 2 rings (SSSR count). The number of ether oxygens (including phenoxy) is 1. The molecule has 0 bridgehead atoms. The van der Waals surface area contributed by atoms with Gasteiger partial charge in [0.25, 0.3) is 0 Å². The molecule has 0 atom stereocenters. The second kappa shape index (κ2) is 6.07. The third kappa shape index (κ3) is 3.75. The molecule has 0 aromatic heterocycles. The molecule has 1 amide bonds. The summed E-state index contributed by atoms with van der Waals surface area (Å²) in [6.07, 6.45) is -0.742. The number of carbonyl (C=O) groups excluding carboxylic acids is 1. The standard InChI is InChI=1S/C14H10N2O3/c15-10-11-5-4-8-13(9-11)19-16-14(17)18-12-6-2-1-3-7-12/h1-9H,(H,16,17). The third-order valence-electron chi connectivity index (χ3n) is 2.17. The Balaban J connectivity index is 1.88. The van der Waals surface area contributed by atoms with Gasteiger partial charge in [0.1, 0.15) is 5.75 Å². The lowest BCUT2D eigenvalue weighted by Gasteiger charge is -2.07. The van der Waals surface area contributed by atoms with E-state index in [0.29, 0.717) is 17.1 Å². The monoisotopic (exact) mass is 254 g/mol. The molecule has 5 nitrogen and oxygen atoms in total. The van der Waals surface area contributed by atoms with Gasteiger partial charge in [-0.3, -0.25) is 0 Å². The zero-order valence-electron chi connectivity index (χ0n) is 9.87. The third-order valence-corrected chi connectivity index (χ3v) is 2.17. The molecule has 19 heavy (non-hydrogen) atoms. The lowest BCUT2D eigenvalue weighted by molar-refractivity contribution is 0.141. The van der Waals surface area contributed by atoms with Crippen molar-refractivity contribution in [3.63, 3.8) is 0 Å². The fourth-order valence-corrected chi connectivity index (χ4v) is 1.35. The van der Waals surface area contributed by atoms with E-state index in [9.17, 15) is 4.79 Å². The Morgan fingerprint density at radius 2 is 1.79 bits per heavy atom. The highest BCUT2D eigenvalue weighted by Crippen LogP contribution is 2.12. The number of hydrogen-bond acceptors (Lipinski definition) is 4. The van der Waals surface area contributed by atoms with E-state index in [2.05, 4.69) is 5.48 Å². The Morgan fingerprint density at radius 3 is 2.53 bits per heavy atom. The van der Waals surface area contributed by atoms with Crippen LogP contribution < -0.4 is 15.1 Å². The van der Waals surface area contributed by atoms with Crippen LogP contribution in [0.3, 0.4) is 0 Å². The number of benzene rings is 2. The maximum atomic E-state index is 11.4. The highest BCUT2D eigenvalue weighted by Gasteiger charge is 2.04. The van der Waals surface area contributed by atoms with Crippen molar-refractivity contribution in [3.8, 4) is 17.6 Å². The molecule has 0 aliphatic carbocycles. The molecular formula is C14H10N2O3. The Labute approximate surface area is 110 Å².